The van der Waals surface area contributed by atoms with Crippen molar-refractivity contribution >= 4 is 6.03 Å². The molecule has 0 bridgehead atoms. The molecule has 2 N–H and O–H groups in total. The summed E-state index contributed by atoms with van der Waals surface area (Å²) in [6, 6.07) is 11.4. The number of hydrogen-bond acceptors (Lipinski definition) is 5. The lowest BCUT2D eigenvalue weighted by molar-refractivity contribution is -0.0283. The van der Waals surface area contributed by atoms with Crippen molar-refractivity contribution in [2.45, 2.75) is 49.7 Å². The van der Waals surface area contributed by atoms with Crippen molar-refractivity contribution in [1.82, 2.24) is 19.8 Å². The maximum atomic E-state index is 13.0. The average molecular weight is 411 g/mol. The summed E-state index contributed by atoms with van der Waals surface area (Å²) >= 11 is 0. The number of hydrogen-bond donors (Lipinski definition) is 2. The zero-order valence-electron chi connectivity index (χ0n) is 17.3. The summed E-state index contributed by atoms with van der Waals surface area (Å²) in [5.74, 6) is 0. The van der Waals surface area contributed by atoms with E-state index in [9.17, 15) is 15.0 Å². The van der Waals surface area contributed by atoms with Crippen molar-refractivity contribution in [3.8, 4) is 0 Å². The van der Waals surface area contributed by atoms with E-state index >= 15 is 0 Å². The van der Waals surface area contributed by atoms with Gasteiger partial charge in [-0.3, -0.25) is 9.97 Å². The molecule has 4 rings (SSSR count). The van der Waals surface area contributed by atoms with Crippen LogP contribution in [0.15, 0.2) is 48.8 Å². The average Bonchev–Trinajstić information content (AvgIpc) is 2.75. The normalized spacial score (nSPS) is 20.7. The van der Waals surface area contributed by atoms with Crippen LogP contribution in [0.2, 0.25) is 0 Å². The molecule has 0 atom stereocenters. The standard InChI is InChI=1S/C23H30N4O3/c28-21(26-13-7-22(29,8-14-26)17-19-5-1-3-11-24-19)27-15-9-23(30,10-16-27)18-20-6-2-4-12-25-20/h1-6,11-12,29-30H,7-10,13-18H2. The monoisotopic (exact) mass is 410 g/mol. The minimum absolute atomic E-state index is 0.00905. The molecule has 2 aromatic rings. The molecule has 0 aromatic carbocycles. The van der Waals surface area contributed by atoms with Crippen molar-refractivity contribution in [3.63, 3.8) is 0 Å². The second-order valence-corrected chi connectivity index (χ2v) is 8.70. The van der Waals surface area contributed by atoms with Crippen molar-refractivity contribution in [3.05, 3.63) is 60.2 Å². The highest BCUT2D eigenvalue weighted by atomic mass is 16.3. The van der Waals surface area contributed by atoms with Crippen molar-refractivity contribution in [1.29, 1.82) is 0 Å². The predicted molar refractivity (Wildman–Crippen MR) is 113 cm³/mol. The third kappa shape index (κ3) is 4.96. The highest BCUT2D eigenvalue weighted by Gasteiger charge is 2.38. The van der Waals surface area contributed by atoms with Gasteiger partial charge in [0.15, 0.2) is 0 Å². The molecule has 4 heterocycles. The number of rotatable bonds is 4. The summed E-state index contributed by atoms with van der Waals surface area (Å²) in [5, 5.41) is 21.8. The molecule has 0 radical (unpaired) electrons. The molecule has 2 aromatic heterocycles. The second kappa shape index (κ2) is 8.70. The summed E-state index contributed by atoms with van der Waals surface area (Å²) in [4.78, 5) is 25.2. The molecule has 0 aliphatic carbocycles. The number of carbonyl (C=O) groups excluding carboxylic acids is 1. The number of piperidine rings is 2. The largest absolute Gasteiger partial charge is 0.389 e. The van der Waals surface area contributed by atoms with Crippen LogP contribution in [0.25, 0.3) is 0 Å². The maximum absolute atomic E-state index is 13.0. The van der Waals surface area contributed by atoms with Gasteiger partial charge in [-0.1, -0.05) is 12.1 Å². The Kier molecular flexibility index (Phi) is 6.01. The Morgan fingerprint density at radius 1 is 0.767 bits per heavy atom. The fourth-order valence-corrected chi connectivity index (χ4v) is 4.46. The molecule has 0 unspecified atom stereocenters. The number of nitrogens with zero attached hydrogens (tertiary/aromatic N) is 4. The van der Waals surface area contributed by atoms with Gasteiger partial charge in [0.1, 0.15) is 0 Å². The number of carbonyl (C=O) groups is 1. The van der Waals surface area contributed by atoms with Gasteiger partial charge in [-0.15, -0.1) is 0 Å². The van der Waals surface area contributed by atoms with E-state index in [-0.39, 0.29) is 6.03 Å². The zero-order chi connectivity index (χ0) is 21.0. The Balaban J connectivity index is 1.27. The number of urea groups is 1. The third-order valence-corrected chi connectivity index (χ3v) is 6.40. The smallest absolute Gasteiger partial charge is 0.320 e. The Hall–Kier alpha value is -2.51. The first-order valence-corrected chi connectivity index (χ1v) is 10.7. The van der Waals surface area contributed by atoms with Crippen LogP contribution < -0.4 is 0 Å². The minimum Gasteiger partial charge on any atom is -0.389 e. The molecule has 2 saturated heterocycles. The van der Waals surface area contributed by atoms with Gasteiger partial charge >= 0.3 is 6.03 Å². The van der Waals surface area contributed by atoms with Crippen LogP contribution in [0.4, 0.5) is 4.79 Å². The van der Waals surface area contributed by atoms with Gasteiger partial charge in [-0.05, 0) is 49.9 Å². The van der Waals surface area contributed by atoms with Crippen LogP contribution in [-0.4, -0.2) is 73.4 Å². The highest BCUT2D eigenvalue weighted by molar-refractivity contribution is 5.74. The summed E-state index contributed by atoms with van der Waals surface area (Å²) in [6.07, 6.45) is 6.70. The molecule has 30 heavy (non-hydrogen) atoms. The highest BCUT2D eigenvalue weighted by Crippen LogP contribution is 2.29. The van der Waals surface area contributed by atoms with E-state index in [1.807, 2.05) is 46.2 Å². The Morgan fingerprint density at radius 2 is 1.17 bits per heavy atom. The first kappa shape index (κ1) is 20.8. The molecular formula is C23H30N4O3. The molecule has 7 heteroatoms. The third-order valence-electron chi connectivity index (χ3n) is 6.40. The van der Waals surface area contributed by atoms with Gasteiger partial charge in [0, 0.05) is 62.8 Å². The Bertz CT molecular complexity index is 761. The minimum atomic E-state index is -0.810. The first-order valence-electron chi connectivity index (χ1n) is 10.7. The first-order chi connectivity index (χ1) is 14.4. The topological polar surface area (TPSA) is 89.8 Å². The van der Waals surface area contributed by atoms with Crippen LogP contribution in [0.1, 0.15) is 37.1 Å². The van der Waals surface area contributed by atoms with E-state index in [0.717, 1.165) is 11.4 Å². The van der Waals surface area contributed by atoms with Crippen LogP contribution >= 0.6 is 0 Å². The van der Waals surface area contributed by atoms with Gasteiger partial charge in [-0.25, -0.2) is 4.79 Å². The van der Waals surface area contributed by atoms with Gasteiger partial charge in [0.2, 0.25) is 0 Å². The molecular weight excluding hydrogens is 380 g/mol. The predicted octanol–water partition coefficient (Wildman–Crippen LogP) is 2.04. The Morgan fingerprint density at radius 3 is 1.50 bits per heavy atom. The lowest BCUT2D eigenvalue weighted by atomic mass is 9.86. The van der Waals surface area contributed by atoms with Gasteiger partial charge < -0.3 is 20.0 Å². The molecule has 2 amide bonds. The zero-order valence-corrected chi connectivity index (χ0v) is 17.3. The molecule has 0 spiro atoms. The second-order valence-electron chi connectivity index (χ2n) is 8.70. The van der Waals surface area contributed by atoms with Gasteiger partial charge in [0.25, 0.3) is 0 Å². The SMILES string of the molecule is O=C(N1CCC(O)(Cc2ccccn2)CC1)N1CCC(O)(Cc2ccccn2)CC1. The fourth-order valence-electron chi connectivity index (χ4n) is 4.46. The van der Waals surface area contributed by atoms with E-state index < -0.39 is 11.2 Å². The van der Waals surface area contributed by atoms with Crippen LogP contribution in [0, 0.1) is 0 Å². The van der Waals surface area contributed by atoms with Crippen molar-refractivity contribution in [2.75, 3.05) is 26.2 Å². The van der Waals surface area contributed by atoms with E-state index in [2.05, 4.69) is 9.97 Å². The van der Waals surface area contributed by atoms with Crippen molar-refractivity contribution < 1.29 is 15.0 Å². The summed E-state index contributed by atoms with van der Waals surface area (Å²) in [5.41, 5.74) is 0.136. The van der Waals surface area contributed by atoms with E-state index in [1.54, 1.807) is 12.4 Å². The van der Waals surface area contributed by atoms with Crippen LogP contribution in [-0.2, 0) is 12.8 Å². The molecule has 2 aliphatic heterocycles. The van der Waals surface area contributed by atoms with Gasteiger partial charge in [0.05, 0.1) is 11.2 Å². The van der Waals surface area contributed by atoms with E-state index in [0.29, 0.717) is 64.7 Å². The van der Waals surface area contributed by atoms with Crippen LogP contribution in [0.5, 0.6) is 0 Å². The molecule has 160 valence electrons. The summed E-state index contributed by atoms with van der Waals surface area (Å²) < 4.78 is 0. The summed E-state index contributed by atoms with van der Waals surface area (Å²) in [6.45, 7) is 2.15. The van der Waals surface area contributed by atoms with Crippen LogP contribution in [0.3, 0.4) is 0 Å². The lowest BCUT2D eigenvalue weighted by Gasteiger charge is -2.43. The number of aromatic nitrogens is 2. The van der Waals surface area contributed by atoms with E-state index in [1.165, 1.54) is 0 Å². The maximum Gasteiger partial charge on any atom is 0.320 e. The van der Waals surface area contributed by atoms with Crippen molar-refractivity contribution in [2.24, 2.45) is 0 Å². The quantitative estimate of drug-likeness (QED) is 0.805. The lowest BCUT2D eigenvalue weighted by Crippen LogP contribution is -2.55. The fraction of sp³-hybridized carbons (Fsp3) is 0.522. The number of pyridine rings is 2. The number of aliphatic hydroxyl groups is 2. The molecule has 2 aliphatic rings. The summed E-state index contributed by atoms with van der Waals surface area (Å²) in [7, 11) is 0. The van der Waals surface area contributed by atoms with E-state index in [4.69, 9.17) is 0 Å². The Labute approximate surface area is 177 Å². The number of amides is 2. The van der Waals surface area contributed by atoms with Gasteiger partial charge in [-0.2, -0.15) is 0 Å². The molecule has 7 nitrogen and oxygen atoms in total. The molecule has 2 fully saturated rings. The molecule has 0 saturated carbocycles. The number of likely N-dealkylation sites (tertiary alicyclic amines) is 2.